The molecule has 5 heteroatoms. The summed E-state index contributed by atoms with van der Waals surface area (Å²) in [5.74, 6) is 0.758. The molecule has 0 atom stereocenters. The Bertz CT molecular complexity index is 1180. The van der Waals surface area contributed by atoms with Gasteiger partial charge in [-0.15, -0.1) is 0 Å². The molecule has 0 aliphatic rings. The molecule has 1 heterocycles. The van der Waals surface area contributed by atoms with Gasteiger partial charge in [0.2, 0.25) is 5.91 Å². The highest BCUT2D eigenvalue weighted by atomic mass is 32.1. The van der Waals surface area contributed by atoms with Crippen molar-refractivity contribution < 1.29 is 9.53 Å². The van der Waals surface area contributed by atoms with Gasteiger partial charge >= 0.3 is 0 Å². The minimum atomic E-state index is 0.0313. The van der Waals surface area contributed by atoms with Crippen LogP contribution in [0.25, 0.3) is 10.2 Å². The summed E-state index contributed by atoms with van der Waals surface area (Å²) in [6.07, 6.45) is 1.32. The number of ether oxygens (including phenoxy) is 1. The van der Waals surface area contributed by atoms with Crippen molar-refractivity contribution in [2.24, 2.45) is 0 Å². The van der Waals surface area contributed by atoms with E-state index < -0.39 is 0 Å². The summed E-state index contributed by atoms with van der Waals surface area (Å²) in [4.78, 5) is 20.1. The third-order valence-corrected chi connectivity index (χ3v) is 6.63. The molecule has 3 aromatic carbocycles. The molecular weight excluding hydrogens is 404 g/mol. The average molecular weight is 431 g/mol. The first-order valence-corrected chi connectivity index (χ1v) is 11.3. The Kier molecular flexibility index (Phi) is 6.33. The number of nitrogens with zero attached hydrogens (tertiary/aromatic N) is 2. The molecule has 31 heavy (non-hydrogen) atoms. The van der Waals surface area contributed by atoms with Gasteiger partial charge in [-0.1, -0.05) is 78.9 Å². The number of aryl methyl sites for hydroxylation is 2. The molecule has 0 N–H and O–H groups in total. The van der Waals surface area contributed by atoms with E-state index in [1.807, 2.05) is 54.6 Å². The lowest BCUT2D eigenvalue weighted by molar-refractivity contribution is -0.118. The fourth-order valence-electron chi connectivity index (χ4n) is 3.57. The van der Waals surface area contributed by atoms with E-state index in [1.165, 1.54) is 16.9 Å². The molecule has 4 aromatic rings. The van der Waals surface area contributed by atoms with Crippen LogP contribution in [-0.2, 0) is 24.2 Å². The van der Waals surface area contributed by atoms with E-state index in [4.69, 9.17) is 9.72 Å². The number of carbonyl (C=O) groups is 1. The maximum absolute atomic E-state index is 13.4. The molecule has 0 saturated carbocycles. The first-order valence-electron chi connectivity index (χ1n) is 10.4. The Balaban J connectivity index is 1.71. The number of carbonyl (C=O) groups excluding carboxylic acids is 1. The predicted octanol–water partition coefficient (Wildman–Crippen LogP) is 5.95. The predicted molar refractivity (Wildman–Crippen MR) is 128 cm³/mol. The SMILES string of the molecule is CCc1ccc(CC(=O)N(Cc2ccccc2)c2nc3c(OC)ccc(C)c3s2)cc1. The van der Waals surface area contributed by atoms with Gasteiger partial charge in [-0.05, 0) is 41.7 Å². The first-order chi connectivity index (χ1) is 15.1. The van der Waals surface area contributed by atoms with Crippen molar-refractivity contribution in [3.63, 3.8) is 0 Å². The van der Waals surface area contributed by atoms with Crippen LogP contribution in [0.1, 0.15) is 29.2 Å². The van der Waals surface area contributed by atoms with Crippen molar-refractivity contribution in [2.75, 3.05) is 12.0 Å². The Morgan fingerprint density at radius 2 is 1.68 bits per heavy atom. The molecule has 1 aromatic heterocycles. The van der Waals surface area contributed by atoms with Gasteiger partial charge in [0.15, 0.2) is 5.13 Å². The molecule has 0 aliphatic carbocycles. The van der Waals surface area contributed by atoms with Crippen LogP contribution in [0.4, 0.5) is 5.13 Å². The number of hydrogen-bond donors (Lipinski definition) is 0. The monoisotopic (exact) mass is 430 g/mol. The van der Waals surface area contributed by atoms with Gasteiger partial charge < -0.3 is 4.74 Å². The third-order valence-electron chi connectivity index (χ3n) is 5.41. The number of rotatable bonds is 7. The number of fused-ring (bicyclic) bond motifs is 1. The van der Waals surface area contributed by atoms with Gasteiger partial charge in [-0.2, -0.15) is 0 Å². The van der Waals surface area contributed by atoms with Crippen molar-refractivity contribution >= 4 is 32.6 Å². The van der Waals surface area contributed by atoms with E-state index in [9.17, 15) is 4.79 Å². The van der Waals surface area contributed by atoms with E-state index >= 15 is 0 Å². The maximum Gasteiger partial charge on any atom is 0.233 e. The zero-order chi connectivity index (χ0) is 21.8. The standard InChI is InChI=1S/C26H26N2O2S/c1-4-19-11-13-20(14-12-19)16-23(29)28(17-21-8-6-5-7-9-21)26-27-24-22(30-3)15-10-18(2)25(24)31-26/h5-15H,4,16-17H2,1-3H3. The molecule has 4 nitrogen and oxygen atoms in total. The smallest absolute Gasteiger partial charge is 0.233 e. The number of benzene rings is 3. The van der Waals surface area contributed by atoms with E-state index in [-0.39, 0.29) is 5.91 Å². The Morgan fingerprint density at radius 3 is 2.35 bits per heavy atom. The molecule has 4 rings (SSSR count). The zero-order valence-corrected chi connectivity index (χ0v) is 18.9. The lowest BCUT2D eigenvalue weighted by atomic mass is 10.1. The lowest BCUT2D eigenvalue weighted by Crippen LogP contribution is -2.31. The number of methoxy groups -OCH3 is 1. The Morgan fingerprint density at radius 1 is 0.968 bits per heavy atom. The van der Waals surface area contributed by atoms with Crippen LogP contribution in [-0.4, -0.2) is 18.0 Å². The van der Waals surface area contributed by atoms with Crippen molar-refractivity contribution in [1.82, 2.24) is 4.98 Å². The highest BCUT2D eigenvalue weighted by molar-refractivity contribution is 7.22. The van der Waals surface area contributed by atoms with Crippen LogP contribution in [0.15, 0.2) is 66.7 Å². The van der Waals surface area contributed by atoms with Crippen LogP contribution < -0.4 is 9.64 Å². The van der Waals surface area contributed by atoms with Crippen molar-refractivity contribution in [3.8, 4) is 5.75 Å². The van der Waals surface area contributed by atoms with E-state index in [1.54, 1.807) is 12.0 Å². The summed E-state index contributed by atoms with van der Waals surface area (Å²) in [7, 11) is 1.65. The second kappa shape index (κ2) is 9.31. The summed E-state index contributed by atoms with van der Waals surface area (Å²) >= 11 is 1.54. The molecule has 0 unspecified atom stereocenters. The first kappa shape index (κ1) is 21.1. The summed E-state index contributed by atoms with van der Waals surface area (Å²) in [5.41, 5.74) is 5.28. The molecule has 0 radical (unpaired) electrons. The van der Waals surface area contributed by atoms with Crippen LogP contribution in [0.3, 0.4) is 0 Å². The normalized spacial score (nSPS) is 10.9. The van der Waals surface area contributed by atoms with Gasteiger partial charge in [0.05, 0.1) is 24.8 Å². The second-order valence-electron chi connectivity index (χ2n) is 7.57. The zero-order valence-electron chi connectivity index (χ0n) is 18.1. The van der Waals surface area contributed by atoms with Crippen molar-refractivity contribution in [2.45, 2.75) is 33.2 Å². The lowest BCUT2D eigenvalue weighted by Gasteiger charge is -2.20. The number of anilines is 1. The minimum absolute atomic E-state index is 0.0313. The summed E-state index contributed by atoms with van der Waals surface area (Å²) in [5, 5.41) is 0.696. The summed E-state index contributed by atoms with van der Waals surface area (Å²) < 4.78 is 6.56. The third kappa shape index (κ3) is 4.62. The highest BCUT2D eigenvalue weighted by Crippen LogP contribution is 2.37. The van der Waals surface area contributed by atoms with Crippen molar-refractivity contribution in [1.29, 1.82) is 0 Å². The molecule has 0 fully saturated rings. The number of aromatic nitrogens is 1. The quantitative estimate of drug-likeness (QED) is 0.364. The molecule has 1 amide bonds. The summed E-state index contributed by atoms with van der Waals surface area (Å²) in [6, 6.07) is 22.3. The van der Waals surface area contributed by atoms with Crippen LogP contribution in [0.2, 0.25) is 0 Å². The second-order valence-corrected chi connectivity index (χ2v) is 8.55. The van der Waals surface area contributed by atoms with Crippen molar-refractivity contribution in [3.05, 3.63) is 89.0 Å². The van der Waals surface area contributed by atoms with Crippen LogP contribution in [0.5, 0.6) is 5.75 Å². The Labute approximate surface area is 187 Å². The minimum Gasteiger partial charge on any atom is -0.494 e. The number of hydrogen-bond acceptors (Lipinski definition) is 4. The topological polar surface area (TPSA) is 42.4 Å². The maximum atomic E-state index is 13.4. The molecule has 0 bridgehead atoms. The highest BCUT2D eigenvalue weighted by Gasteiger charge is 2.22. The molecule has 0 aliphatic heterocycles. The molecule has 158 valence electrons. The van der Waals surface area contributed by atoms with E-state index in [0.29, 0.717) is 18.1 Å². The average Bonchev–Trinajstić information content (AvgIpc) is 3.25. The van der Waals surface area contributed by atoms with Gasteiger partial charge in [0.25, 0.3) is 0 Å². The molecular formula is C26H26N2O2S. The van der Waals surface area contributed by atoms with Crippen LogP contribution in [0, 0.1) is 6.92 Å². The fourth-order valence-corrected chi connectivity index (χ4v) is 4.64. The van der Waals surface area contributed by atoms with Crippen LogP contribution >= 0.6 is 11.3 Å². The van der Waals surface area contributed by atoms with E-state index in [2.05, 4.69) is 26.0 Å². The van der Waals surface area contributed by atoms with Gasteiger partial charge in [-0.3, -0.25) is 9.69 Å². The fraction of sp³-hybridized carbons (Fsp3) is 0.231. The molecule has 0 spiro atoms. The largest absolute Gasteiger partial charge is 0.494 e. The Hall–Kier alpha value is -3.18. The van der Waals surface area contributed by atoms with Gasteiger partial charge in [-0.25, -0.2) is 4.98 Å². The number of amides is 1. The van der Waals surface area contributed by atoms with Gasteiger partial charge in [0, 0.05) is 0 Å². The molecule has 0 saturated heterocycles. The van der Waals surface area contributed by atoms with Gasteiger partial charge in [0.1, 0.15) is 11.3 Å². The van der Waals surface area contributed by atoms with E-state index in [0.717, 1.165) is 39.1 Å². The summed E-state index contributed by atoms with van der Waals surface area (Å²) in [6.45, 7) is 4.67. The number of thiazole rings is 1.